The molecule has 0 aliphatic rings. The van der Waals surface area contributed by atoms with Crippen LogP contribution in [0.4, 0.5) is 0 Å². The molecule has 1 aromatic carbocycles. The van der Waals surface area contributed by atoms with Gasteiger partial charge < -0.3 is 5.32 Å². The number of nitrogens with one attached hydrogen (secondary N) is 1. The van der Waals surface area contributed by atoms with Crippen molar-refractivity contribution in [1.82, 2.24) is 5.32 Å². The van der Waals surface area contributed by atoms with Crippen LogP contribution in [0.25, 0.3) is 0 Å². The second-order valence-corrected chi connectivity index (χ2v) is 6.32. The summed E-state index contributed by atoms with van der Waals surface area (Å²) < 4.78 is 0. The van der Waals surface area contributed by atoms with Gasteiger partial charge in [0.05, 0.1) is 0 Å². The lowest BCUT2D eigenvalue weighted by molar-refractivity contribution is -0.117. The van der Waals surface area contributed by atoms with Crippen molar-refractivity contribution < 1.29 is 9.59 Å². The number of amides is 1. The van der Waals surface area contributed by atoms with E-state index in [4.69, 9.17) is 12.2 Å². The summed E-state index contributed by atoms with van der Waals surface area (Å²) in [7, 11) is 0. The van der Waals surface area contributed by atoms with E-state index in [1.807, 2.05) is 30.3 Å². The summed E-state index contributed by atoms with van der Waals surface area (Å²) in [5, 5.41) is 2.80. The Bertz CT molecular complexity index is 552. The van der Waals surface area contributed by atoms with Crippen LogP contribution in [0.15, 0.2) is 42.5 Å². The van der Waals surface area contributed by atoms with Gasteiger partial charge in [-0.15, -0.1) is 0 Å². The monoisotopic (exact) mass is 345 g/mol. The van der Waals surface area contributed by atoms with Gasteiger partial charge in [-0.2, -0.15) is 0 Å². The van der Waals surface area contributed by atoms with Gasteiger partial charge in [0.15, 0.2) is 5.78 Å². The summed E-state index contributed by atoms with van der Waals surface area (Å²) in [4.78, 5) is 24.1. The zero-order valence-corrected chi connectivity index (χ0v) is 15.2. The molecule has 1 N–H and O–H groups in total. The lowest BCUT2D eigenvalue weighted by Crippen LogP contribution is -2.22. The number of carbonyl (C=O) groups is 2. The first-order chi connectivity index (χ1) is 11.6. The summed E-state index contributed by atoms with van der Waals surface area (Å²) in [5.41, 5.74) is 0.877. The van der Waals surface area contributed by atoms with Crippen LogP contribution in [-0.4, -0.2) is 23.1 Å². The van der Waals surface area contributed by atoms with Gasteiger partial charge >= 0.3 is 0 Å². The summed E-state index contributed by atoms with van der Waals surface area (Å²) >= 11 is 5.25. The largest absolute Gasteiger partial charge is 0.353 e. The number of ketones is 1. The highest BCUT2D eigenvalue weighted by atomic mass is 32.1. The smallest absolute Gasteiger partial charge is 0.244 e. The minimum Gasteiger partial charge on any atom is -0.353 e. The van der Waals surface area contributed by atoms with Crippen molar-refractivity contribution in [2.24, 2.45) is 0 Å². The first-order valence-electron chi connectivity index (χ1n) is 8.70. The van der Waals surface area contributed by atoms with Crippen molar-refractivity contribution in [2.45, 2.75) is 51.9 Å². The molecule has 1 amide bonds. The highest BCUT2D eigenvalue weighted by molar-refractivity contribution is 7.80. The van der Waals surface area contributed by atoms with Gasteiger partial charge in [-0.25, -0.2) is 0 Å². The third-order valence-corrected chi connectivity index (χ3v) is 4.06. The molecule has 24 heavy (non-hydrogen) atoms. The molecule has 0 radical (unpaired) electrons. The van der Waals surface area contributed by atoms with Crippen molar-refractivity contribution in [2.75, 3.05) is 6.54 Å². The molecule has 0 unspecified atom stereocenters. The molecule has 0 spiro atoms. The maximum atomic E-state index is 11.9. The Balaban J connectivity index is 2.19. The Morgan fingerprint density at radius 3 is 2.38 bits per heavy atom. The van der Waals surface area contributed by atoms with Gasteiger partial charge in [0, 0.05) is 23.9 Å². The molecule has 1 aromatic rings. The van der Waals surface area contributed by atoms with Crippen molar-refractivity contribution in [3.05, 3.63) is 48.0 Å². The van der Waals surface area contributed by atoms with Crippen LogP contribution in [0.1, 0.15) is 57.4 Å². The van der Waals surface area contributed by atoms with Crippen LogP contribution in [0.5, 0.6) is 0 Å². The van der Waals surface area contributed by atoms with Crippen LogP contribution in [-0.2, 0) is 9.59 Å². The summed E-state index contributed by atoms with van der Waals surface area (Å²) in [6.45, 7) is 2.85. The number of hydrogen-bond donors (Lipinski definition) is 1. The highest BCUT2D eigenvalue weighted by Gasteiger charge is 2.06. The Hall–Kier alpha value is -1.81. The van der Waals surface area contributed by atoms with E-state index >= 15 is 0 Å². The molecule has 1 rings (SSSR count). The highest BCUT2D eigenvalue weighted by Crippen LogP contribution is 2.06. The molecular weight excluding hydrogens is 318 g/mol. The Labute approximate surface area is 150 Å². The van der Waals surface area contributed by atoms with Crippen LogP contribution < -0.4 is 5.32 Å². The molecule has 0 heterocycles. The third kappa shape index (κ3) is 9.36. The molecule has 0 aromatic heterocycles. The molecular formula is C20H27NO2S. The molecule has 130 valence electrons. The van der Waals surface area contributed by atoms with E-state index in [0.29, 0.717) is 11.4 Å². The minimum absolute atomic E-state index is 0.153. The zero-order chi connectivity index (χ0) is 17.6. The third-order valence-electron chi connectivity index (χ3n) is 3.68. The van der Waals surface area contributed by atoms with E-state index < -0.39 is 0 Å². The van der Waals surface area contributed by atoms with E-state index in [1.54, 1.807) is 0 Å². The van der Waals surface area contributed by atoms with Gasteiger partial charge in [0.1, 0.15) is 0 Å². The molecule has 0 atom stereocenters. The Morgan fingerprint density at radius 2 is 1.67 bits per heavy atom. The van der Waals surface area contributed by atoms with Crippen LogP contribution in [0.2, 0.25) is 0 Å². The fraction of sp³-hybridized carbons (Fsp3) is 0.450. The average molecular weight is 346 g/mol. The van der Waals surface area contributed by atoms with Crippen LogP contribution in [0, 0.1) is 0 Å². The summed E-state index contributed by atoms with van der Waals surface area (Å²) in [5.74, 6) is -0.374. The predicted molar refractivity (Wildman–Crippen MR) is 103 cm³/mol. The normalized spacial score (nSPS) is 10.7. The standard InChI is InChI=1S/C20H27NO2S/c1-2-3-4-5-6-10-15-21-20(23)14-13-18(22)16-19(24)17-11-8-7-9-12-17/h7-9,11-14H,2-6,10,15-16H2,1H3,(H,21,23). The van der Waals surface area contributed by atoms with Crippen molar-refractivity contribution in [3.8, 4) is 0 Å². The topological polar surface area (TPSA) is 46.2 Å². The number of allylic oxidation sites excluding steroid dienone is 1. The quantitative estimate of drug-likeness (QED) is 0.264. The first kappa shape index (κ1) is 20.2. The lowest BCUT2D eigenvalue weighted by Gasteiger charge is -2.03. The number of benzene rings is 1. The molecule has 4 heteroatoms. The Kier molecular flexibility index (Phi) is 10.6. The molecule has 3 nitrogen and oxygen atoms in total. The molecule has 0 bridgehead atoms. The number of unbranched alkanes of at least 4 members (excludes halogenated alkanes) is 5. The summed E-state index contributed by atoms with van der Waals surface area (Å²) in [6.07, 6.45) is 9.88. The minimum atomic E-state index is -0.220. The van der Waals surface area contributed by atoms with Crippen molar-refractivity contribution in [3.63, 3.8) is 0 Å². The second kappa shape index (κ2) is 12.6. The molecule has 0 aliphatic heterocycles. The van der Waals surface area contributed by atoms with E-state index in [2.05, 4.69) is 12.2 Å². The fourth-order valence-electron chi connectivity index (χ4n) is 2.29. The van der Waals surface area contributed by atoms with E-state index in [-0.39, 0.29) is 18.1 Å². The SMILES string of the molecule is CCCCCCCCNC(=O)C=CC(=O)CC(=S)c1ccccc1. The number of carbonyl (C=O) groups excluding carboxylic acids is 2. The van der Waals surface area contributed by atoms with E-state index in [9.17, 15) is 9.59 Å². The number of thiocarbonyl (C=S) groups is 1. The summed E-state index contributed by atoms with van der Waals surface area (Å²) in [6, 6.07) is 9.44. The molecule has 0 saturated heterocycles. The van der Waals surface area contributed by atoms with Crippen LogP contribution >= 0.6 is 12.2 Å². The lowest BCUT2D eigenvalue weighted by atomic mass is 10.1. The van der Waals surface area contributed by atoms with Gasteiger partial charge in [0.2, 0.25) is 5.91 Å². The molecule has 0 aliphatic carbocycles. The van der Waals surface area contributed by atoms with Gasteiger partial charge in [-0.3, -0.25) is 9.59 Å². The van der Waals surface area contributed by atoms with Crippen LogP contribution in [0.3, 0.4) is 0 Å². The fourth-order valence-corrected chi connectivity index (χ4v) is 2.57. The number of rotatable bonds is 12. The van der Waals surface area contributed by atoms with Gasteiger partial charge in [-0.05, 0) is 18.1 Å². The molecule has 0 fully saturated rings. The zero-order valence-electron chi connectivity index (χ0n) is 14.4. The maximum absolute atomic E-state index is 11.9. The predicted octanol–water partition coefficient (Wildman–Crippen LogP) is 4.40. The molecule has 0 saturated carbocycles. The second-order valence-electron chi connectivity index (χ2n) is 5.82. The van der Waals surface area contributed by atoms with Crippen molar-refractivity contribution in [1.29, 1.82) is 0 Å². The van der Waals surface area contributed by atoms with E-state index in [0.717, 1.165) is 18.4 Å². The van der Waals surface area contributed by atoms with Gasteiger partial charge in [0.25, 0.3) is 0 Å². The Morgan fingerprint density at radius 1 is 1.00 bits per heavy atom. The maximum Gasteiger partial charge on any atom is 0.244 e. The first-order valence-corrected chi connectivity index (χ1v) is 9.11. The average Bonchev–Trinajstić information content (AvgIpc) is 2.60. The van der Waals surface area contributed by atoms with Crippen molar-refractivity contribution >= 4 is 28.8 Å². The van der Waals surface area contributed by atoms with Gasteiger partial charge in [-0.1, -0.05) is 81.6 Å². The van der Waals surface area contributed by atoms with E-state index in [1.165, 1.54) is 37.8 Å². The number of hydrogen-bond acceptors (Lipinski definition) is 3.